The predicted octanol–water partition coefficient (Wildman–Crippen LogP) is -0.428. The van der Waals surface area contributed by atoms with Crippen molar-refractivity contribution in [3.8, 4) is 0 Å². The van der Waals surface area contributed by atoms with Crippen molar-refractivity contribution in [2.24, 2.45) is 5.73 Å². The molecular weight excluding hydrogens is 146 g/mol. The quantitative estimate of drug-likeness (QED) is 0.479. The molecule has 4 N–H and O–H groups in total. The van der Waals surface area contributed by atoms with Crippen LogP contribution in [0.25, 0.3) is 0 Å². The van der Waals surface area contributed by atoms with Gasteiger partial charge in [-0.2, -0.15) is 0 Å². The molecule has 0 aliphatic carbocycles. The van der Waals surface area contributed by atoms with Crippen LogP contribution in [-0.4, -0.2) is 24.2 Å². The Bertz CT molecular complexity index is 120. The Hall–Kier alpha value is -0.350. The van der Waals surface area contributed by atoms with Crippen LogP contribution in [0.2, 0.25) is 0 Å². The van der Waals surface area contributed by atoms with Crippen LogP contribution >= 0.6 is 12.2 Å². The van der Waals surface area contributed by atoms with Gasteiger partial charge >= 0.3 is 0 Å². The largest absolute Gasteiger partial charge is 0.376 e. The molecule has 0 radical (unpaired) electrons. The standard InChI is InChI=1S/C6H13N3S/c7-6(10)9-4-5-2-1-3-8-5/h5,8H,1-4H2,(H3,7,9,10). The van der Waals surface area contributed by atoms with Gasteiger partial charge in [0.15, 0.2) is 5.11 Å². The third-order valence-electron chi connectivity index (χ3n) is 1.69. The zero-order chi connectivity index (χ0) is 7.40. The second-order valence-corrected chi connectivity index (χ2v) is 2.98. The molecule has 1 fully saturated rings. The van der Waals surface area contributed by atoms with E-state index in [9.17, 15) is 0 Å². The summed E-state index contributed by atoms with van der Waals surface area (Å²) in [5, 5.41) is 6.67. The summed E-state index contributed by atoms with van der Waals surface area (Å²) in [4.78, 5) is 0. The van der Waals surface area contributed by atoms with E-state index in [4.69, 9.17) is 5.73 Å². The van der Waals surface area contributed by atoms with Crippen LogP contribution in [0.1, 0.15) is 12.8 Å². The van der Waals surface area contributed by atoms with E-state index in [1.165, 1.54) is 12.8 Å². The molecule has 0 amide bonds. The van der Waals surface area contributed by atoms with Crippen molar-refractivity contribution in [2.45, 2.75) is 18.9 Å². The molecule has 1 heterocycles. The van der Waals surface area contributed by atoms with Gasteiger partial charge < -0.3 is 16.4 Å². The van der Waals surface area contributed by atoms with Crippen LogP contribution in [-0.2, 0) is 0 Å². The lowest BCUT2D eigenvalue weighted by Crippen LogP contribution is -2.39. The Morgan fingerprint density at radius 1 is 1.80 bits per heavy atom. The molecule has 0 aromatic heterocycles. The van der Waals surface area contributed by atoms with Gasteiger partial charge in [0.2, 0.25) is 0 Å². The van der Waals surface area contributed by atoms with Gasteiger partial charge in [-0.3, -0.25) is 0 Å². The lowest BCUT2D eigenvalue weighted by Gasteiger charge is -2.10. The van der Waals surface area contributed by atoms with E-state index in [0.717, 1.165) is 13.1 Å². The highest BCUT2D eigenvalue weighted by Crippen LogP contribution is 2.02. The number of thiocarbonyl (C=S) groups is 1. The maximum absolute atomic E-state index is 5.26. The van der Waals surface area contributed by atoms with E-state index < -0.39 is 0 Å². The Balaban J connectivity index is 2.07. The maximum atomic E-state index is 5.26. The van der Waals surface area contributed by atoms with Crippen LogP contribution < -0.4 is 16.4 Å². The first-order chi connectivity index (χ1) is 4.79. The molecule has 1 saturated heterocycles. The molecular formula is C6H13N3S. The van der Waals surface area contributed by atoms with Crippen molar-refractivity contribution >= 4 is 17.3 Å². The molecule has 1 aliphatic rings. The van der Waals surface area contributed by atoms with Crippen molar-refractivity contribution in [3.63, 3.8) is 0 Å². The Morgan fingerprint density at radius 2 is 2.60 bits per heavy atom. The third kappa shape index (κ3) is 2.49. The normalized spacial score (nSPS) is 24.6. The van der Waals surface area contributed by atoms with E-state index in [1.54, 1.807) is 0 Å². The minimum Gasteiger partial charge on any atom is -0.376 e. The lowest BCUT2D eigenvalue weighted by molar-refractivity contribution is 0.590. The summed E-state index contributed by atoms with van der Waals surface area (Å²) < 4.78 is 0. The summed E-state index contributed by atoms with van der Waals surface area (Å²) in [6, 6.07) is 0.571. The van der Waals surface area contributed by atoms with Crippen molar-refractivity contribution in [2.75, 3.05) is 13.1 Å². The molecule has 1 unspecified atom stereocenters. The third-order valence-corrected chi connectivity index (χ3v) is 1.83. The maximum Gasteiger partial charge on any atom is 0.163 e. The number of nitrogens with one attached hydrogen (secondary N) is 2. The molecule has 0 aromatic carbocycles. The first-order valence-electron chi connectivity index (χ1n) is 3.56. The second-order valence-electron chi connectivity index (χ2n) is 2.54. The Labute approximate surface area is 66.4 Å². The molecule has 1 aliphatic heterocycles. The smallest absolute Gasteiger partial charge is 0.163 e. The fourth-order valence-electron chi connectivity index (χ4n) is 1.15. The molecule has 4 heteroatoms. The summed E-state index contributed by atoms with van der Waals surface area (Å²) in [6.45, 7) is 2.00. The minimum absolute atomic E-state index is 0.397. The number of hydrogen-bond acceptors (Lipinski definition) is 2. The van der Waals surface area contributed by atoms with Gasteiger partial charge in [0, 0.05) is 12.6 Å². The van der Waals surface area contributed by atoms with Gasteiger partial charge in [-0.15, -0.1) is 0 Å². The monoisotopic (exact) mass is 159 g/mol. The van der Waals surface area contributed by atoms with E-state index in [1.807, 2.05) is 0 Å². The Morgan fingerprint density at radius 3 is 3.10 bits per heavy atom. The fraction of sp³-hybridized carbons (Fsp3) is 0.833. The topological polar surface area (TPSA) is 50.1 Å². The predicted molar refractivity (Wildman–Crippen MR) is 45.8 cm³/mol. The van der Waals surface area contributed by atoms with Gasteiger partial charge in [0.05, 0.1) is 0 Å². The SMILES string of the molecule is NC(=S)NCC1CCCN1. The van der Waals surface area contributed by atoms with Crippen LogP contribution in [0.3, 0.4) is 0 Å². The van der Waals surface area contributed by atoms with Crippen LogP contribution in [0.5, 0.6) is 0 Å². The van der Waals surface area contributed by atoms with Crippen molar-refractivity contribution in [1.29, 1.82) is 0 Å². The van der Waals surface area contributed by atoms with Gasteiger partial charge in [-0.1, -0.05) is 0 Å². The fourth-order valence-corrected chi connectivity index (χ4v) is 1.24. The Kier molecular flexibility index (Phi) is 2.89. The van der Waals surface area contributed by atoms with Gasteiger partial charge in [-0.05, 0) is 31.6 Å². The van der Waals surface area contributed by atoms with Gasteiger partial charge in [0.25, 0.3) is 0 Å². The molecule has 1 atom stereocenters. The summed E-state index contributed by atoms with van der Waals surface area (Å²) in [5.41, 5.74) is 5.26. The van der Waals surface area contributed by atoms with Crippen LogP contribution in [0, 0.1) is 0 Å². The van der Waals surface area contributed by atoms with E-state index in [0.29, 0.717) is 11.2 Å². The number of rotatable bonds is 2. The summed E-state index contributed by atoms with van der Waals surface area (Å²) in [6.07, 6.45) is 2.50. The molecule has 0 spiro atoms. The number of hydrogen-bond donors (Lipinski definition) is 3. The highest BCUT2D eigenvalue weighted by molar-refractivity contribution is 7.80. The molecule has 10 heavy (non-hydrogen) atoms. The van der Waals surface area contributed by atoms with E-state index in [2.05, 4.69) is 22.9 Å². The molecule has 58 valence electrons. The van der Waals surface area contributed by atoms with E-state index in [-0.39, 0.29) is 0 Å². The molecule has 0 saturated carbocycles. The summed E-state index contributed by atoms with van der Waals surface area (Å²) in [7, 11) is 0. The van der Waals surface area contributed by atoms with Crippen molar-refractivity contribution in [1.82, 2.24) is 10.6 Å². The molecule has 0 aromatic rings. The average molecular weight is 159 g/mol. The summed E-state index contributed by atoms with van der Waals surface area (Å²) in [5.74, 6) is 0. The molecule has 3 nitrogen and oxygen atoms in total. The average Bonchev–Trinajstić information content (AvgIpc) is 2.34. The summed E-state index contributed by atoms with van der Waals surface area (Å²) >= 11 is 4.67. The zero-order valence-corrected chi connectivity index (χ0v) is 6.71. The minimum atomic E-state index is 0.397. The first kappa shape index (κ1) is 7.75. The van der Waals surface area contributed by atoms with Crippen molar-refractivity contribution < 1.29 is 0 Å². The number of nitrogens with two attached hydrogens (primary N) is 1. The van der Waals surface area contributed by atoms with Crippen LogP contribution in [0.4, 0.5) is 0 Å². The molecule has 0 bridgehead atoms. The zero-order valence-electron chi connectivity index (χ0n) is 5.89. The van der Waals surface area contributed by atoms with Crippen LogP contribution in [0.15, 0.2) is 0 Å². The van der Waals surface area contributed by atoms with Crippen molar-refractivity contribution in [3.05, 3.63) is 0 Å². The van der Waals surface area contributed by atoms with Gasteiger partial charge in [0.1, 0.15) is 0 Å². The highest BCUT2D eigenvalue weighted by Gasteiger charge is 2.12. The van der Waals surface area contributed by atoms with Gasteiger partial charge in [-0.25, -0.2) is 0 Å². The van der Waals surface area contributed by atoms with E-state index >= 15 is 0 Å². The molecule has 1 rings (SSSR count). The lowest BCUT2D eigenvalue weighted by atomic mass is 10.2. The highest BCUT2D eigenvalue weighted by atomic mass is 32.1. The second kappa shape index (κ2) is 3.73. The first-order valence-corrected chi connectivity index (χ1v) is 3.96.